The summed E-state index contributed by atoms with van der Waals surface area (Å²) in [7, 11) is 0. The molecule has 0 radical (unpaired) electrons. The zero-order valence-corrected chi connectivity index (χ0v) is 23.8. The van der Waals surface area contributed by atoms with Crippen molar-refractivity contribution in [1.82, 2.24) is 15.5 Å². The summed E-state index contributed by atoms with van der Waals surface area (Å²) in [5, 5.41) is 6.76. The highest BCUT2D eigenvalue weighted by Gasteiger charge is 2.38. The van der Waals surface area contributed by atoms with Crippen LogP contribution in [0, 0.1) is 12.7 Å². The SMILES string of the molecule is CC(=O)N1CC2CC(c3ccc(CCCOc4ccc(F)cc4)cc3)=C(C(=O)NCCc3ccccc3C)C(C1)N2. The van der Waals surface area contributed by atoms with Gasteiger partial charge in [0.2, 0.25) is 11.8 Å². The van der Waals surface area contributed by atoms with Crippen LogP contribution in [-0.4, -0.2) is 55.0 Å². The van der Waals surface area contributed by atoms with Gasteiger partial charge in [0.1, 0.15) is 11.6 Å². The summed E-state index contributed by atoms with van der Waals surface area (Å²) in [6.07, 6.45) is 3.14. The van der Waals surface area contributed by atoms with E-state index in [4.69, 9.17) is 4.74 Å². The summed E-state index contributed by atoms with van der Waals surface area (Å²) in [6.45, 7) is 5.91. The second-order valence-electron chi connectivity index (χ2n) is 11.0. The lowest BCUT2D eigenvalue weighted by molar-refractivity contribution is -0.131. The molecule has 1 saturated heterocycles. The number of rotatable bonds is 10. The lowest BCUT2D eigenvalue weighted by Crippen LogP contribution is -2.61. The van der Waals surface area contributed by atoms with E-state index in [1.165, 1.54) is 28.8 Å². The topological polar surface area (TPSA) is 70.7 Å². The Labute approximate surface area is 241 Å². The summed E-state index contributed by atoms with van der Waals surface area (Å²) < 4.78 is 18.8. The van der Waals surface area contributed by atoms with Crippen LogP contribution >= 0.6 is 0 Å². The third-order valence-corrected chi connectivity index (χ3v) is 8.03. The lowest BCUT2D eigenvalue weighted by Gasteiger charge is -2.44. The molecule has 0 spiro atoms. The van der Waals surface area contributed by atoms with Crippen LogP contribution in [0.1, 0.15) is 42.0 Å². The number of nitrogens with zero attached hydrogens (tertiary/aromatic N) is 1. The van der Waals surface area contributed by atoms with Gasteiger partial charge >= 0.3 is 0 Å². The minimum absolute atomic E-state index is 0.0389. The highest BCUT2D eigenvalue weighted by Crippen LogP contribution is 2.33. The van der Waals surface area contributed by atoms with Crippen molar-refractivity contribution in [2.75, 3.05) is 26.2 Å². The maximum absolute atomic E-state index is 13.7. The first-order chi connectivity index (χ1) is 19.9. The van der Waals surface area contributed by atoms with Crippen LogP contribution in [0.4, 0.5) is 4.39 Å². The molecule has 0 aliphatic carbocycles. The zero-order chi connectivity index (χ0) is 28.8. The van der Waals surface area contributed by atoms with E-state index in [0.717, 1.165) is 36.0 Å². The van der Waals surface area contributed by atoms with Crippen LogP contribution in [0.2, 0.25) is 0 Å². The van der Waals surface area contributed by atoms with Crippen molar-refractivity contribution in [2.24, 2.45) is 0 Å². The Hall–Kier alpha value is -3.97. The van der Waals surface area contributed by atoms with Gasteiger partial charge in [0.05, 0.1) is 12.6 Å². The van der Waals surface area contributed by atoms with E-state index in [1.54, 1.807) is 19.1 Å². The molecule has 41 heavy (non-hydrogen) atoms. The van der Waals surface area contributed by atoms with Gasteiger partial charge in [0.15, 0.2) is 0 Å². The fraction of sp³-hybridized carbons (Fsp3) is 0.353. The molecular weight excluding hydrogens is 517 g/mol. The number of carbonyl (C=O) groups excluding carboxylic acids is 2. The minimum atomic E-state index is -0.274. The Balaban J connectivity index is 1.28. The van der Waals surface area contributed by atoms with Gasteiger partial charge in [0, 0.05) is 38.2 Å². The monoisotopic (exact) mass is 555 g/mol. The molecule has 1 fully saturated rings. The maximum Gasteiger partial charge on any atom is 0.249 e. The van der Waals surface area contributed by atoms with Crippen molar-refractivity contribution in [2.45, 2.75) is 51.6 Å². The van der Waals surface area contributed by atoms with E-state index in [9.17, 15) is 14.0 Å². The fourth-order valence-corrected chi connectivity index (χ4v) is 5.81. The van der Waals surface area contributed by atoms with Crippen molar-refractivity contribution < 1.29 is 18.7 Å². The summed E-state index contributed by atoms with van der Waals surface area (Å²) in [4.78, 5) is 27.7. The molecule has 2 aliphatic rings. The number of benzene rings is 3. The normalized spacial score (nSPS) is 18.3. The molecule has 6 nitrogen and oxygen atoms in total. The van der Waals surface area contributed by atoms with E-state index >= 15 is 0 Å². The summed E-state index contributed by atoms with van der Waals surface area (Å²) in [6, 6.07) is 22.7. The molecule has 2 bridgehead atoms. The van der Waals surface area contributed by atoms with Crippen LogP contribution in [-0.2, 0) is 22.4 Å². The van der Waals surface area contributed by atoms with Crippen molar-refractivity contribution >= 4 is 17.4 Å². The predicted octanol–water partition coefficient (Wildman–Crippen LogP) is 4.85. The first-order valence-electron chi connectivity index (χ1n) is 14.4. The molecule has 2 atom stereocenters. The molecule has 214 valence electrons. The standard InChI is InChI=1S/C34H38FN3O3/c1-23-6-3-4-8-26(23)17-18-36-34(40)33-31(20-29-21-38(24(2)39)22-32(33)37-29)27-11-9-25(10-12-27)7-5-19-41-30-15-13-28(35)14-16-30/h3-4,6,8-16,29,32,37H,5,7,17-22H2,1-2H3,(H,36,40). The van der Waals surface area contributed by atoms with E-state index < -0.39 is 0 Å². The van der Waals surface area contributed by atoms with Gasteiger partial charge in [-0.2, -0.15) is 0 Å². The van der Waals surface area contributed by atoms with Gasteiger partial charge in [-0.05, 0) is 84.7 Å². The molecule has 3 aromatic rings. The van der Waals surface area contributed by atoms with E-state index in [2.05, 4.69) is 54.0 Å². The Bertz CT molecular complexity index is 1400. The number of piperazine rings is 1. The molecule has 2 aliphatic heterocycles. The van der Waals surface area contributed by atoms with Crippen molar-refractivity contribution in [1.29, 1.82) is 0 Å². The zero-order valence-electron chi connectivity index (χ0n) is 23.8. The number of fused-ring (bicyclic) bond motifs is 2. The van der Waals surface area contributed by atoms with Gasteiger partial charge in [-0.25, -0.2) is 4.39 Å². The molecule has 3 aromatic carbocycles. The highest BCUT2D eigenvalue weighted by atomic mass is 19.1. The maximum atomic E-state index is 13.7. The summed E-state index contributed by atoms with van der Waals surface area (Å²) >= 11 is 0. The Morgan fingerprint density at radius 1 is 1.00 bits per heavy atom. The molecule has 0 aromatic heterocycles. The van der Waals surface area contributed by atoms with E-state index in [-0.39, 0.29) is 29.7 Å². The molecule has 2 heterocycles. The van der Waals surface area contributed by atoms with Gasteiger partial charge < -0.3 is 20.3 Å². The summed E-state index contributed by atoms with van der Waals surface area (Å²) in [5.41, 5.74) is 6.48. The Morgan fingerprint density at radius 3 is 2.49 bits per heavy atom. The first-order valence-corrected chi connectivity index (χ1v) is 14.4. The number of halogens is 1. The van der Waals surface area contributed by atoms with E-state index in [0.29, 0.717) is 38.4 Å². The van der Waals surface area contributed by atoms with Crippen LogP contribution < -0.4 is 15.4 Å². The van der Waals surface area contributed by atoms with Gasteiger partial charge in [-0.15, -0.1) is 0 Å². The molecule has 5 rings (SSSR count). The molecular formula is C34H38FN3O3. The van der Waals surface area contributed by atoms with Crippen molar-refractivity contribution in [3.8, 4) is 5.75 Å². The number of carbonyl (C=O) groups is 2. The predicted molar refractivity (Wildman–Crippen MR) is 159 cm³/mol. The second kappa shape index (κ2) is 13.1. The third-order valence-electron chi connectivity index (χ3n) is 8.03. The average Bonchev–Trinajstić information content (AvgIpc) is 2.97. The number of hydrogen-bond donors (Lipinski definition) is 2. The summed E-state index contributed by atoms with van der Waals surface area (Å²) in [5.74, 6) is 0.358. The minimum Gasteiger partial charge on any atom is -0.494 e. The largest absolute Gasteiger partial charge is 0.494 e. The number of amides is 2. The van der Waals surface area contributed by atoms with Gasteiger partial charge in [0.25, 0.3) is 0 Å². The molecule has 2 unspecified atom stereocenters. The fourth-order valence-electron chi connectivity index (χ4n) is 5.81. The van der Waals surface area contributed by atoms with Crippen LogP contribution in [0.25, 0.3) is 5.57 Å². The van der Waals surface area contributed by atoms with E-state index in [1.807, 2.05) is 17.0 Å². The molecule has 2 amide bonds. The smallest absolute Gasteiger partial charge is 0.249 e. The number of hydrogen-bond acceptors (Lipinski definition) is 4. The second-order valence-corrected chi connectivity index (χ2v) is 11.0. The molecule has 0 saturated carbocycles. The van der Waals surface area contributed by atoms with Crippen LogP contribution in [0.15, 0.2) is 78.4 Å². The van der Waals surface area contributed by atoms with Gasteiger partial charge in [-0.1, -0.05) is 48.5 Å². The molecule has 2 N–H and O–H groups in total. The average molecular weight is 556 g/mol. The first kappa shape index (κ1) is 28.6. The van der Waals surface area contributed by atoms with Crippen molar-refractivity contribution in [3.63, 3.8) is 0 Å². The number of nitrogens with one attached hydrogen (secondary N) is 2. The molecule has 7 heteroatoms. The highest BCUT2D eigenvalue weighted by molar-refractivity contribution is 6.03. The lowest BCUT2D eigenvalue weighted by atomic mass is 9.83. The number of ether oxygens (including phenoxy) is 1. The van der Waals surface area contributed by atoms with Gasteiger partial charge in [-0.3, -0.25) is 9.59 Å². The third kappa shape index (κ3) is 7.22. The van der Waals surface area contributed by atoms with Crippen LogP contribution in [0.5, 0.6) is 5.75 Å². The Morgan fingerprint density at radius 2 is 1.76 bits per heavy atom. The van der Waals surface area contributed by atoms with Crippen molar-refractivity contribution in [3.05, 3.63) is 106 Å². The number of aryl methyl sites for hydroxylation is 2. The van der Waals surface area contributed by atoms with Crippen LogP contribution in [0.3, 0.4) is 0 Å². The quantitative estimate of drug-likeness (QED) is 0.351. The Kier molecular flexibility index (Phi) is 9.14.